The molecule has 0 spiro atoms. The first-order chi connectivity index (χ1) is 26.5. The molecule has 3 unspecified atom stereocenters. The molecule has 0 saturated carbocycles. The van der Waals surface area contributed by atoms with Gasteiger partial charge in [-0.1, -0.05) is 127 Å². The molecule has 54 heavy (non-hydrogen) atoms. The molecule has 3 atom stereocenters. The Balaban J connectivity index is 1.14. The van der Waals surface area contributed by atoms with E-state index in [1.54, 1.807) is 0 Å². The predicted molar refractivity (Wildman–Crippen MR) is 227 cm³/mol. The standard InChI is InChI=1S/C50H40N4/c1-31-24-45(52-32(2)51-31)35-18-16-33(17-19-35)41-27-43(42-25-39-22-20-36-14-9-15-37-21-23-40(26-42)49(39)48(36)37)29-44(28-41)47-30-46(34-10-5-3-6-11-34)53-50(54-47)38-12-7-4-8-13-38/h3-30,32,45,50-53H,1-2H3. The summed E-state index contributed by atoms with van der Waals surface area (Å²) in [6, 6.07) is 57.6. The summed E-state index contributed by atoms with van der Waals surface area (Å²) >= 11 is 0. The van der Waals surface area contributed by atoms with Crippen molar-refractivity contribution in [2.24, 2.45) is 4.99 Å². The number of hydrogen-bond donors (Lipinski definition) is 3. The third-order valence-electron chi connectivity index (χ3n) is 11.0. The van der Waals surface area contributed by atoms with Gasteiger partial charge in [0, 0.05) is 17.0 Å². The average Bonchev–Trinajstić information content (AvgIpc) is 3.22. The summed E-state index contributed by atoms with van der Waals surface area (Å²) < 4.78 is 0. The number of rotatable bonds is 6. The number of allylic oxidation sites excluding steroid dienone is 2. The summed E-state index contributed by atoms with van der Waals surface area (Å²) in [5.74, 6) is 0. The van der Waals surface area contributed by atoms with Gasteiger partial charge in [-0.05, 0) is 128 Å². The van der Waals surface area contributed by atoms with Crippen LogP contribution in [0.15, 0.2) is 181 Å². The molecule has 10 rings (SSSR count). The quantitative estimate of drug-likeness (QED) is 0.152. The zero-order valence-corrected chi connectivity index (χ0v) is 30.3. The zero-order chi connectivity index (χ0) is 36.2. The van der Waals surface area contributed by atoms with Gasteiger partial charge in [-0.3, -0.25) is 10.3 Å². The van der Waals surface area contributed by atoms with E-state index in [-0.39, 0.29) is 18.4 Å². The van der Waals surface area contributed by atoms with Gasteiger partial charge in [-0.25, -0.2) is 0 Å². The molecule has 2 aliphatic rings. The minimum absolute atomic E-state index is 0.164. The molecule has 8 aromatic carbocycles. The maximum Gasteiger partial charge on any atom is 0.145 e. The maximum absolute atomic E-state index is 5.38. The second-order valence-corrected chi connectivity index (χ2v) is 14.7. The molecule has 2 aliphatic heterocycles. The fraction of sp³-hybridized carbons (Fsp3) is 0.100. The Bertz CT molecular complexity index is 2700. The van der Waals surface area contributed by atoms with E-state index in [2.05, 4.69) is 200 Å². The van der Waals surface area contributed by atoms with E-state index in [0.29, 0.717) is 0 Å². The second kappa shape index (κ2) is 13.2. The molecule has 4 heteroatoms. The lowest BCUT2D eigenvalue weighted by molar-refractivity contribution is 0.431. The van der Waals surface area contributed by atoms with Crippen LogP contribution in [0.5, 0.6) is 0 Å². The molecule has 8 aromatic rings. The largest absolute Gasteiger partial charge is 0.374 e. The van der Waals surface area contributed by atoms with Crippen molar-refractivity contribution in [3.8, 4) is 22.3 Å². The van der Waals surface area contributed by atoms with E-state index in [1.165, 1.54) is 54.7 Å². The number of benzene rings is 8. The molecule has 0 saturated heterocycles. The lowest BCUT2D eigenvalue weighted by Gasteiger charge is -2.29. The number of hydrogen-bond acceptors (Lipinski definition) is 4. The van der Waals surface area contributed by atoms with Crippen LogP contribution >= 0.6 is 0 Å². The van der Waals surface area contributed by atoms with Gasteiger partial charge in [0.05, 0.1) is 17.9 Å². The van der Waals surface area contributed by atoms with Crippen LogP contribution in [-0.4, -0.2) is 11.9 Å². The highest BCUT2D eigenvalue weighted by Gasteiger charge is 2.22. The van der Waals surface area contributed by atoms with E-state index in [1.807, 2.05) is 0 Å². The lowest BCUT2D eigenvalue weighted by atomic mass is 9.89. The summed E-state index contributed by atoms with van der Waals surface area (Å²) in [5.41, 5.74) is 12.5. The SMILES string of the molecule is CC1=CC(c2ccc(-c3cc(C4=NC(c5ccccc5)NC(c5ccccc5)=C4)cc(-c4cc5ccc6cccc7ccc(c4)c5c67)c3)cc2)NC(C)N1. The van der Waals surface area contributed by atoms with Crippen LogP contribution in [0.3, 0.4) is 0 Å². The van der Waals surface area contributed by atoms with Crippen LogP contribution in [0.2, 0.25) is 0 Å². The minimum atomic E-state index is -0.220. The van der Waals surface area contributed by atoms with Crippen molar-refractivity contribution in [1.29, 1.82) is 0 Å². The molecule has 260 valence electrons. The molecule has 3 N–H and O–H groups in total. The van der Waals surface area contributed by atoms with Gasteiger partial charge in [0.2, 0.25) is 0 Å². The van der Waals surface area contributed by atoms with E-state index >= 15 is 0 Å². The Morgan fingerprint density at radius 2 is 1.07 bits per heavy atom. The molecule has 0 fully saturated rings. The van der Waals surface area contributed by atoms with Crippen LogP contribution in [0.4, 0.5) is 0 Å². The highest BCUT2D eigenvalue weighted by atomic mass is 15.2. The van der Waals surface area contributed by atoms with Crippen molar-refractivity contribution >= 4 is 43.7 Å². The van der Waals surface area contributed by atoms with Gasteiger partial charge in [0.15, 0.2) is 0 Å². The summed E-state index contributed by atoms with van der Waals surface area (Å²) in [4.78, 5) is 5.38. The molecule has 0 aromatic heterocycles. The average molecular weight is 697 g/mol. The number of nitrogens with zero attached hydrogens (tertiary/aromatic N) is 1. The minimum Gasteiger partial charge on any atom is -0.374 e. The Kier molecular flexibility index (Phi) is 7.85. The van der Waals surface area contributed by atoms with Crippen LogP contribution in [0, 0.1) is 0 Å². The van der Waals surface area contributed by atoms with E-state index in [4.69, 9.17) is 4.99 Å². The van der Waals surface area contributed by atoms with E-state index in [9.17, 15) is 0 Å². The second-order valence-electron chi connectivity index (χ2n) is 14.7. The lowest BCUT2D eigenvalue weighted by Crippen LogP contribution is -2.44. The van der Waals surface area contributed by atoms with Crippen molar-refractivity contribution in [1.82, 2.24) is 16.0 Å². The molecule has 0 amide bonds. The fourth-order valence-electron chi connectivity index (χ4n) is 8.37. The molecule has 2 heterocycles. The van der Waals surface area contributed by atoms with E-state index in [0.717, 1.165) is 39.2 Å². The zero-order valence-electron chi connectivity index (χ0n) is 30.3. The third-order valence-corrected chi connectivity index (χ3v) is 11.0. The Labute approximate surface area is 315 Å². The molecular formula is C50H40N4. The maximum atomic E-state index is 5.38. The summed E-state index contributed by atoms with van der Waals surface area (Å²) in [6.07, 6.45) is 4.46. The Morgan fingerprint density at radius 3 is 1.76 bits per heavy atom. The Morgan fingerprint density at radius 1 is 0.481 bits per heavy atom. The first kappa shape index (κ1) is 32.2. The van der Waals surface area contributed by atoms with Crippen LogP contribution < -0.4 is 16.0 Å². The van der Waals surface area contributed by atoms with Crippen LogP contribution in [0.25, 0.3) is 60.3 Å². The van der Waals surface area contributed by atoms with Gasteiger partial charge in [0.25, 0.3) is 0 Å². The predicted octanol–water partition coefficient (Wildman–Crippen LogP) is 11.5. The van der Waals surface area contributed by atoms with Crippen molar-refractivity contribution in [2.45, 2.75) is 32.2 Å². The van der Waals surface area contributed by atoms with Gasteiger partial charge in [-0.2, -0.15) is 0 Å². The molecule has 4 nitrogen and oxygen atoms in total. The monoisotopic (exact) mass is 696 g/mol. The van der Waals surface area contributed by atoms with Crippen LogP contribution in [0.1, 0.15) is 48.3 Å². The number of aliphatic imine (C=N–C) groups is 1. The normalized spacial score (nSPS) is 18.6. The van der Waals surface area contributed by atoms with E-state index < -0.39 is 0 Å². The molecule has 0 aliphatic carbocycles. The topological polar surface area (TPSA) is 48.5 Å². The summed E-state index contributed by atoms with van der Waals surface area (Å²) in [5, 5.41) is 18.6. The molecular weight excluding hydrogens is 657 g/mol. The fourth-order valence-corrected chi connectivity index (χ4v) is 8.37. The third kappa shape index (κ3) is 5.91. The highest BCUT2D eigenvalue weighted by Crippen LogP contribution is 2.39. The van der Waals surface area contributed by atoms with Gasteiger partial charge in [0.1, 0.15) is 6.17 Å². The summed E-state index contributed by atoms with van der Waals surface area (Å²) in [6.45, 7) is 4.29. The van der Waals surface area contributed by atoms with Crippen molar-refractivity contribution in [3.63, 3.8) is 0 Å². The number of nitrogens with one attached hydrogen (secondary N) is 3. The van der Waals surface area contributed by atoms with Gasteiger partial charge >= 0.3 is 0 Å². The van der Waals surface area contributed by atoms with Crippen LogP contribution in [-0.2, 0) is 0 Å². The van der Waals surface area contributed by atoms with Gasteiger partial charge in [-0.15, -0.1) is 0 Å². The summed E-state index contributed by atoms with van der Waals surface area (Å²) in [7, 11) is 0. The first-order valence-corrected chi connectivity index (χ1v) is 18.8. The molecule has 0 radical (unpaired) electrons. The van der Waals surface area contributed by atoms with Crippen molar-refractivity contribution in [2.75, 3.05) is 0 Å². The first-order valence-electron chi connectivity index (χ1n) is 18.8. The Hall–Kier alpha value is -6.49. The van der Waals surface area contributed by atoms with Crippen molar-refractivity contribution in [3.05, 3.63) is 198 Å². The molecule has 0 bridgehead atoms. The van der Waals surface area contributed by atoms with Gasteiger partial charge < -0.3 is 10.6 Å². The highest BCUT2D eigenvalue weighted by molar-refractivity contribution is 6.24. The smallest absolute Gasteiger partial charge is 0.145 e. The van der Waals surface area contributed by atoms with Crippen molar-refractivity contribution < 1.29 is 0 Å².